The molecule has 0 bridgehead atoms. The fraction of sp³-hybridized carbons (Fsp3) is 0.750. The first kappa shape index (κ1) is 22.8. The molecule has 4 N–H and O–H groups in total. The summed E-state index contributed by atoms with van der Waals surface area (Å²) in [5.74, 6) is -1.00. The summed E-state index contributed by atoms with van der Waals surface area (Å²) in [6.07, 6.45) is 10.5. The third-order valence-electron chi connectivity index (χ3n) is 4.64. The minimum absolute atomic E-state index is 0.146. The van der Waals surface area contributed by atoms with E-state index in [1.54, 1.807) is 12.2 Å². The summed E-state index contributed by atoms with van der Waals surface area (Å²) in [6.45, 7) is 2.11. The molecule has 150 valence electrons. The van der Waals surface area contributed by atoms with E-state index in [2.05, 4.69) is 6.92 Å². The molecule has 0 spiro atoms. The van der Waals surface area contributed by atoms with E-state index >= 15 is 0 Å². The lowest BCUT2D eigenvalue weighted by Gasteiger charge is -2.36. The Balaban J connectivity index is 2.52. The molecule has 1 fully saturated rings. The van der Waals surface area contributed by atoms with Crippen LogP contribution < -0.4 is 0 Å². The molecular weight excluding hydrogens is 336 g/mol. The summed E-state index contributed by atoms with van der Waals surface area (Å²) in [7, 11) is 0. The molecule has 0 aromatic heterocycles. The zero-order valence-corrected chi connectivity index (χ0v) is 15.7. The minimum Gasteiger partial charge on any atom is -0.481 e. The minimum atomic E-state index is -1.01. The number of hydrogen-bond donors (Lipinski definition) is 4. The van der Waals surface area contributed by atoms with E-state index in [1.165, 1.54) is 0 Å². The van der Waals surface area contributed by atoms with Crippen LogP contribution in [0.25, 0.3) is 0 Å². The second kappa shape index (κ2) is 13.0. The number of carboxylic acids is 1. The third-order valence-corrected chi connectivity index (χ3v) is 4.64. The number of carbonyl (C=O) groups is 1. The monoisotopic (exact) mass is 370 g/mol. The van der Waals surface area contributed by atoms with E-state index in [0.717, 1.165) is 19.3 Å². The molecule has 0 saturated carbocycles. The fourth-order valence-corrected chi connectivity index (χ4v) is 3.10. The Morgan fingerprint density at radius 1 is 1.23 bits per heavy atom. The Labute approximate surface area is 156 Å². The molecule has 0 aromatic carbocycles. The molecule has 0 amide bonds. The number of carboxylic acid groups (broad SMARTS) is 1. The van der Waals surface area contributed by atoms with Crippen LogP contribution >= 0.6 is 0 Å². The van der Waals surface area contributed by atoms with Crippen molar-refractivity contribution in [3.05, 3.63) is 24.3 Å². The number of aliphatic carboxylic acids is 1. The molecule has 26 heavy (non-hydrogen) atoms. The Morgan fingerprint density at radius 3 is 2.69 bits per heavy atom. The highest BCUT2D eigenvalue weighted by Crippen LogP contribution is 2.29. The highest BCUT2D eigenvalue weighted by Gasteiger charge is 2.35. The first-order valence-electron chi connectivity index (χ1n) is 9.68. The standard InChI is InChI=1S/C20H34O6/c1-2-3-6-9-15(21)12-13-18-16(17(22)14-20(25)26-18)10-7-4-5-8-11-19(23)24/h4,7,12-13,15-18,20-22,25H,2-3,5-6,8-11,14H2,1H3,(H,23,24)/b7-4-,13-12+/t15-,16+,17+,18+,20+/m0/s1. The topological polar surface area (TPSA) is 107 Å². The van der Waals surface area contributed by atoms with Crippen LogP contribution in [0.1, 0.15) is 64.7 Å². The van der Waals surface area contributed by atoms with Gasteiger partial charge in [-0.15, -0.1) is 0 Å². The van der Waals surface area contributed by atoms with Crippen molar-refractivity contribution in [3.63, 3.8) is 0 Å². The zero-order chi connectivity index (χ0) is 19.4. The van der Waals surface area contributed by atoms with Crippen molar-refractivity contribution in [3.8, 4) is 0 Å². The second-order valence-corrected chi connectivity index (χ2v) is 6.96. The van der Waals surface area contributed by atoms with Crippen LogP contribution in [0.5, 0.6) is 0 Å². The van der Waals surface area contributed by atoms with Gasteiger partial charge in [0, 0.05) is 18.8 Å². The zero-order valence-electron chi connectivity index (χ0n) is 15.7. The summed E-state index contributed by atoms with van der Waals surface area (Å²) >= 11 is 0. The van der Waals surface area contributed by atoms with Gasteiger partial charge in [-0.05, 0) is 25.7 Å². The number of aliphatic hydroxyl groups is 3. The van der Waals surface area contributed by atoms with Gasteiger partial charge in [-0.25, -0.2) is 0 Å². The quantitative estimate of drug-likeness (QED) is 0.311. The number of rotatable bonds is 12. The normalized spacial score (nSPS) is 28.0. The molecule has 1 saturated heterocycles. The van der Waals surface area contributed by atoms with Crippen LogP contribution in [0, 0.1) is 5.92 Å². The highest BCUT2D eigenvalue weighted by atomic mass is 16.6. The third kappa shape index (κ3) is 9.48. The van der Waals surface area contributed by atoms with Gasteiger partial charge in [0.15, 0.2) is 6.29 Å². The molecule has 0 aromatic rings. The van der Waals surface area contributed by atoms with Crippen LogP contribution in [-0.4, -0.2) is 51.0 Å². The van der Waals surface area contributed by atoms with Gasteiger partial charge >= 0.3 is 5.97 Å². The average Bonchev–Trinajstić information content (AvgIpc) is 2.57. The maximum atomic E-state index is 10.5. The smallest absolute Gasteiger partial charge is 0.303 e. The van der Waals surface area contributed by atoms with Crippen LogP contribution in [0.3, 0.4) is 0 Å². The second-order valence-electron chi connectivity index (χ2n) is 6.96. The van der Waals surface area contributed by atoms with Gasteiger partial charge in [-0.2, -0.15) is 0 Å². The SMILES string of the molecule is CCCCC[C@H](O)/C=C/[C@H]1O[C@@H](O)C[C@@H](O)[C@H]1C/C=C\CCCC(=O)O. The van der Waals surface area contributed by atoms with Gasteiger partial charge in [-0.1, -0.05) is 50.5 Å². The van der Waals surface area contributed by atoms with Gasteiger partial charge in [0.1, 0.15) is 0 Å². The molecule has 1 aliphatic heterocycles. The molecule has 1 aliphatic rings. The van der Waals surface area contributed by atoms with E-state index in [0.29, 0.717) is 25.7 Å². The van der Waals surface area contributed by atoms with Crippen molar-refractivity contribution in [1.29, 1.82) is 0 Å². The molecule has 5 atom stereocenters. The first-order chi connectivity index (χ1) is 12.4. The largest absolute Gasteiger partial charge is 0.481 e. The molecule has 1 rings (SSSR count). The molecule has 6 heteroatoms. The van der Waals surface area contributed by atoms with Crippen LogP contribution in [0.4, 0.5) is 0 Å². The lowest BCUT2D eigenvalue weighted by molar-refractivity contribution is -0.199. The van der Waals surface area contributed by atoms with Crippen LogP contribution in [0.15, 0.2) is 24.3 Å². The Bertz CT molecular complexity index is 448. The van der Waals surface area contributed by atoms with Crippen molar-refractivity contribution in [2.24, 2.45) is 5.92 Å². The summed E-state index contributed by atoms with van der Waals surface area (Å²) in [4.78, 5) is 10.5. The van der Waals surface area contributed by atoms with Crippen LogP contribution in [-0.2, 0) is 9.53 Å². The van der Waals surface area contributed by atoms with Gasteiger partial charge in [0.2, 0.25) is 0 Å². The van der Waals surface area contributed by atoms with E-state index in [9.17, 15) is 20.1 Å². The molecular formula is C20H34O6. The lowest BCUT2D eigenvalue weighted by atomic mass is 9.87. The predicted molar refractivity (Wildman–Crippen MR) is 99.5 cm³/mol. The molecule has 0 aliphatic carbocycles. The molecule has 0 radical (unpaired) electrons. The van der Waals surface area contributed by atoms with E-state index in [4.69, 9.17) is 9.84 Å². The summed E-state index contributed by atoms with van der Waals surface area (Å²) < 4.78 is 5.54. The van der Waals surface area contributed by atoms with E-state index in [-0.39, 0.29) is 18.8 Å². The number of hydrogen-bond acceptors (Lipinski definition) is 5. The van der Waals surface area contributed by atoms with Gasteiger partial charge in [0.05, 0.1) is 18.3 Å². The van der Waals surface area contributed by atoms with Gasteiger partial charge in [0.25, 0.3) is 0 Å². The average molecular weight is 370 g/mol. The Morgan fingerprint density at radius 2 is 2.00 bits per heavy atom. The summed E-state index contributed by atoms with van der Waals surface area (Å²) in [6, 6.07) is 0. The lowest BCUT2D eigenvalue weighted by Crippen LogP contribution is -2.43. The van der Waals surface area contributed by atoms with Crippen molar-refractivity contribution in [2.75, 3.05) is 0 Å². The Kier molecular flexibility index (Phi) is 11.4. The van der Waals surface area contributed by atoms with E-state index < -0.39 is 30.6 Å². The van der Waals surface area contributed by atoms with Crippen molar-refractivity contribution in [2.45, 2.75) is 89.3 Å². The van der Waals surface area contributed by atoms with Crippen molar-refractivity contribution >= 4 is 5.97 Å². The van der Waals surface area contributed by atoms with E-state index in [1.807, 2.05) is 12.2 Å². The number of allylic oxidation sites excluding steroid dienone is 2. The first-order valence-corrected chi connectivity index (χ1v) is 9.68. The van der Waals surface area contributed by atoms with Crippen LogP contribution in [0.2, 0.25) is 0 Å². The molecule has 6 nitrogen and oxygen atoms in total. The number of aliphatic hydroxyl groups excluding tert-OH is 3. The van der Waals surface area contributed by atoms with Gasteiger partial charge in [-0.3, -0.25) is 4.79 Å². The van der Waals surface area contributed by atoms with Crippen molar-refractivity contribution < 1.29 is 30.0 Å². The number of unbranched alkanes of at least 4 members (excludes halogenated alkanes) is 3. The summed E-state index contributed by atoms with van der Waals surface area (Å²) in [5, 5.41) is 38.7. The fourth-order valence-electron chi connectivity index (χ4n) is 3.10. The highest BCUT2D eigenvalue weighted by molar-refractivity contribution is 5.66. The summed E-state index contributed by atoms with van der Waals surface area (Å²) in [5.41, 5.74) is 0. The number of ether oxygens (including phenoxy) is 1. The van der Waals surface area contributed by atoms with Gasteiger partial charge < -0.3 is 25.2 Å². The molecule has 1 heterocycles. The van der Waals surface area contributed by atoms with Crippen molar-refractivity contribution in [1.82, 2.24) is 0 Å². The maximum Gasteiger partial charge on any atom is 0.303 e. The predicted octanol–water partition coefficient (Wildman–Crippen LogP) is 2.77. The maximum absolute atomic E-state index is 10.5. The Hall–Kier alpha value is -1.21. The molecule has 0 unspecified atom stereocenters.